The molecule has 10 nitrogen and oxygen atoms in total. The first-order chi connectivity index (χ1) is 16.6. The van der Waals surface area contributed by atoms with Gasteiger partial charge in [0.2, 0.25) is 5.91 Å². The molecular weight excluding hydrogens is 501 g/mol. The highest BCUT2D eigenvalue weighted by Crippen LogP contribution is 2.37. The number of likely N-dealkylation sites (tertiary alicyclic amines) is 1. The van der Waals surface area contributed by atoms with Crippen LogP contribution in [0.25, 0.3) is 0 Å². The van der Waals surface area contributed by atoms with Crippen LogP contribution in [0, 0.1) is 5.82 Å². The molecule has 1 aromatic rings. The van der Waals surface area contributed by atoms with E-state index in [9.17, 15) is 33.8 Å². The third kappa shape index (κ3) is 9.88. The fourth-order valence-corrected chi connectivity index (χ4v) is 6.24. The average Bonchev–Trinajstić information content (AvgIpc) is 2.79. The molecule has 0 saturated carbocycles. The van der Waals surface area contributed by atoms with E-state index < -0.39 is 35.9 Å². The molecule has 1 saturated heterocycles. The summed E-state index contributed by atoms with van der Waals surface area (Å²) < 4.78 is 14.0. The van der Waals surface area contributed by atoms with Crippen LogP contribution in [0.15, 0.2) is 35.9 Å². The zero-order valence-corrected chi connectivity index (χ0v) is 20.4. The van der Waals surface area contributed by atoms with Crippen molar-refractivity contribution >= 4 is 45.4 Å². The smallest absolute Gasteiger partial charge is 0.328 e. The van der Waals surface area contributed by atoms with Crippen molar-refractivity contribution in [3.8, 4) is 0 Å². The molecule has 192 valence electrons. The summed E-state index contributed by atoms with van der Waals surface area (Å²) >= 11 is 0. The minimum Gasteiger partial charge on any atom is -0.480 e. The summed E-state index contributed by atoms with van der Waals surface area (Å²) in [5.74, 6) is -4.51. The molecule has 3 unspecified atom stereocenters. The van der Waals surface area contributed by atoms with E-state index in [1.807, 2.05) is 4.90 Å². The Balaban J connectivity index is 1.90. The highest BCUT2D eigenvalue weighted by Gasteiger charge is 2.27. The number of carbonyl (C=O) groups is 4. The van der Waals surface area contributed by atoms with E-state index in [1.165, 1.54) is 27.7 Å². The third-order valence-corrected chi connectivity index (χ3v) is 8.13. The maximum atomic E-state index is 14.0. The minimum absolute atomic E-state index is 0.0204. The number of hydrogen-bond acceptors (Lipinski definition) is 8. The van der Waals surface area contributed by atoms with Gasteiger partial charge in [-0.3, -0.25) is 14.5 Å². The predicted octanol–water partition coefficient (Wildman–Crippen LogP) is 1.55. The number of piperidine rings is 1. The lowest BCUT2D eigenvalue weighted by Crippen LogP contribution is -2.43. The minimum atomic E-state index is -1.25. The van der Waals surface area contributed by atoms with Gasteiger partial charge in [0.05, 0.1) is 0 Å². The first kappa shape index (κ1) is 28.6. The number of carbonyl (C=O) groups excluding carboxylic acids is 1. The van der Waals surface area contributed by atoms with E-state index in [0.29, 0.717) is 37.2 Å². The van der Waals surface area contributed by atoms with Gasteiger partial charge < -0.3 is 26.4 Å². The van der Waals surface area contributed by atoms with Crippen LogP contribution in [0.3, 0.4) is 0 Å². The van der Waals surface area contributed by atoms with Crippen LogP contribution < -0.4 is 11.1 Å². The van der Waals surface area contributed by atoms with Crippen LogP contribution in [0.1, 0.15) is 24.8 Å². The summed E-state index contributed by atoms with van der Waals surface area (Å²) in [7, 11) is 2.52. The standard InChI is InChI=1S/C22H28FN3O7S2/c23-15-4-2-1-3-13(15)10-26-8-7-18(14(11-26)9-20(28)29)35-34-12-17(22(32)33)25-19(27)6-5-16(24)21(30)31/h1-4,9,16-18H,5-8,10-12,24H2,(H,25,27)(H,28,29)(H,30,31)(H,32,33)/b14-9-. The quantitative estimate of drug-likeness (QED) is 0.186. The molecule has 2 rings (SSSR count). The van der Waals surface area contributed by atoms with Crippen molar-refractivity contribution in [1.82, 2.24) is 10.2 Å². The molecule has 1 fully saturated rings. The highest BCUT2D eigenvalue weighted by atomic mass is 33.1. The first-order valence-electron chi connectivity index (χ1n) is 10.7. The maximum Gasteiger partial charge on any atom is 0.328 e. The van der Waals surface area contributed by atoms with Gasteiger partial charge in [-0.2, -0.15) is 0 Å². The third-order valence-electron chi connectivity index (χ3n) is 5.24. The van der Waals surface area contributed by atoms with E-state index in [4.69, 9.17) is 10.8 Å². The Morgan fingerprint density at radius 3 is 2.54 bits per heavy atom. The molecule has 0 radical (unpaired) electrons. The molecule has 13 heteroatoms. The lowest BCUT2D eigenvalue weighted by molar-refractivity contribution is -0.141. The summed E-state index contributed by atoms with van der Waals surface area (Å²) in [5, 5.41) is 29.6. The highest BCUT2D eigenvalue weighted by molar-refractivity contribution is 8.77. The van der Waals surface area contributed by atoms with Gasteiger partial charge in [-0.25, -0.2) is 14.0 Å². The molecule has 1 aliphatic rings. The number of halogens is 1. The molecule has 35 heavy (non-hydrogen) atoms. The number of carboxylic acids is 3. The number of rotatable bonds is 13. The molecule has 1 aromatic carbocycles. The van der Waals surface area contributed by atoms with Crippen LogP contribution in [-0.4, -0.2) is 80.2 Å². The van der Waals surface area contributed by atoms with E-state index in [0.717, 1.165) is 6.08 Å². The van der Waals surface area contributed by atoms with E-state index >= 15 is 0 Å². The lowest BCUT2D eigenvalue weighted by Gasteiger charge is -2.33. The fraction of sp³-hybridized carbons (Fsp3) is 0.455. The summed E-state index contributed by atoms with van der Waals surface area (Å²) in [6.07, 6.45) is 1.38. The summed E-state index contributed by atoms with van der Waals surface area (Å²) in [5.41, 5.74) is 6.51. The molecule has 1 heterocycles. The van der Waals surface area contributed by atoms with E-state index in [1.54, 1.807) is 18.2 Å². The van der Waals surface area contributed by atoms with Gasteiger partial charge in [0.15, 0.2) is 0 Å². The van der Waals surface area contributed by atoms with Crippen molar-refractivity contribution in [2.24, 2.45) is 5.73 Å². The topological polar surface area (TPSA) is 170 Å². The summed E-state index contributed by atoms with van der Waals surface area (Å²) in [4.78, 5) is 47.5. The van der Waals surface area contributed by atoms with Crippen molar-refractivity contribution < 1.29 is 38.9 Å². The number of nitrogens with two attached hydrogens (primary N) is 1. The molecule has 1 aliphatic heterocycles. The van der Waals surface area contributed by atoms with Crippen molar-refractivity contribution in [2.45, 2.75) is 43.1 Å². The average molecular weight is 530 g/mol. The molecule has 6 N–H and O–H groups in total. The number of amides is 1. The van der Waals surface area contributed by atoms with Gasteiger partial charge in [0, 0.05) is 48.7 Å². The molecule has 0 aliphatic carbocycles. The first-order valence-corrected chi connectivity index (χ1v) is 13.1. The van der Waals surface area contributed by atoms with Gasteiger partial charge in [-0.05, 0) is 24.5 Å². The monoisotopic (exact) mass is 529 g/mol. The zero-order chi connectivity index (χ0) is 26.0. The Hall–Kier alpha value is -2.61. The van der Waals surface area contributed by atoms with Crippen LogP contribution >= 0.6 is 21.6 Å². The Bertz CT molecular complexity index is 963. The largest absolute Gasteiger partial charge is 0.480 e. The van der Waals surface area contributed by atoms with Crippen LogP contribution in [-0.2, 0) is 25.7 Å². The zero-order valence-electron chi connectivity index (χ0n) is 18.8. The Labute approximate surface area is 209 Å². The second-order valence-corrected chi connectivity index (χ2v) is 10.6. The van der Waals surface area contributed by atoms with Gasteiger partial charge in [-0.1, -0.05) is 39.8 Å². The SMILES string of the molecule is NC(CCC(=O)NC(CSSC1CCN(Cc2ccccc2F)C/C1=C/C(=O)O)C(=O)O)C(=O)O. The Morgan fingerprint density at radius 1 is 1.20 bits per heavy atom. The van der Waals surface area contributed by atoms with Crippen LogP contribution in [0.4, 0.5) is 4.39 Å². The lowest BCUT2D eigenvalue weighted by atomic mass is 10.0. The van der Waals surface area contributed by atoms with Crippen molar-refractivity contribution in [3.63, 3.8) is 0 Å². The van der Waals surface area contributed by atoms with Gasteiger partial charge >= 0.3 is 17.9 Å². The normalized spacial score (nSPS) is 19.1. The summed E-state index contributed by atoms with van der Waals surface area (Å²) in [6, 6.07) is 3.99. The van der Waals surface area contributed by atoms with Crippen molar-refractivity contribution in [3.05, 3.63) is 47.3 Å². The van der Waals surface area contributed by atoms with Crippen molar-refractivity contribution in [1.29, 1.82) is 0 Å². The van der Waals surface area contributed by atoms with E-state index in [2.05, 4.69) is 5.32 Å². The second-order valence-electron chi connectivity index (χ2n) is 7.96. The number of aliphatic carboxylic acids is 3. The molecule has 0 aromatic heterocycles. The fourth-order valence-electron chi connectivity index (χ4n) is 3.37. The molecule has 1 amide bonds. The Morgan fingerprint density at radius 2 is 1.91 bits per heavy atom. The molecular formula is C22H28FN3O7S2. The number of carboxylic acid groups (broad SMARTS) is 3. The van der Waals surface area contributed by atoms with Crippen molar-refractivity contribution in [2.75, 3.05) is 18.8 Å². The number of hydrogen-bond donors (Lipinski definition) is 5. The molecule has 0 spiro atoms. The number of benzene rings is 1. The van der Waals surface area contributed by atoms with E-state index in [-0.39, 0.29) is 29.7 Å². The molecule has 3 atom stereocenters. The Kier molecular flexibility index (Phi) is 11.5. The maximum absolute atomic E-state index is 14.0. The van der Waals surface area contributed by atoms with Gasteiger partial charge in [0.1, 0.15) is 17.9 Å². The van der Waals surface area contributed by atoms with Crippen LogP contribution in [0.2, 0.25) is 0 Å². The van der Waals surface area contributed by atoms with Gasteiger partial charge in [0.25, 0.3) is 0 Å². The van der Waals surface area contributed by atoms with Gasteiger partial charge in [-0.15, -0.1) is 0 Å². The summed E-state index contributed by atoms with van der Waals surface area (Å²) in [6.45, 7) is 1.28. The van der Waals surface area contributed by atoms with Crippen LogP contribution in [0.5, 0.6) is 0 Å². The molecule has 0 bridgehead atoms. The number of nitrogens with one attached hydrogen (secondary N) is 1. The second kappa shape index (κ2) is 14.1. The predicted molar refractivity (Wildman–Crippen MR) is 130 cm³/mol. The number of nitrogens with zero attached hydrogens (tertiary/aromatic N) is 1.